The molecule has 7 heteroatoms. The molecule has 0 saturated carbocycles. The molecular weight excluding hydrogens is 330 g/mol. The second-order valence-electron chi connectivity index (χ2n) is 5.23. The first-order valence-corrected chi connectivity index (χ1v) is 7.83. The Morgan fingerprint density at radius 1 is 1.12 bits per heavy atom. The van der Waals surface area contributed by atoms with Gasteiger partial charge in [0.2, 0.25) is 0 Å². The number of carbonyl (C=O) groups is 1. The smallest absolute Gasteiger partial charge is 0.387 e. The highest BCUT2D eigenvalue weighted by atomic mass is 19.3. The molecule has 0 aliphatic heterocycles. The molecule has 2 N–H and O–H groups in total. The van der Waals surface area contributed by atoms with Crippen molar-refractivity contribution in [3.63, 3.8) is 0 Å². The fraction of sp³-hybridized carbons (Fsp3) is 0.278. The predicted molar refractivity (Wildman–Crippen MR) is 91.3 cm³/mol. The molecule has 1 atom stereocenters. The van der Waals surface area contributed by atoms with Gasteiger partial charge < -0.3 is 20.1 Å². The van der Waals surface area contributed by atoms with Gasteiger partial charge in [0.15, 0.2) is 0 Å². The molecule has 0 radical (unpaired) electrons. The zero-order chi connectivity index (χ0) is 18.2. The van der Waals surface area contributed by atoms with Gasteiger partial charge in [-0.1, -0.05) is 18.2 Å². The Balaban J connectivity index is 1.97. The summed E-state index contributed by atoms with van der Waals surface area (Å²) in [4.78, 5) is 12.1. The summed E-state index contributed by atoms with van der Waals surface area (Å²) in [6.07, 6.45) is 0. The highest BCUT2D eigenvalue weighted by Crippen LogP contribution is 2.21. The van der Waals surface area contributed by atoms with E-state index in [9.17, 15) is 13.6 Å². The third-order valence-corrected chi connectivity index (χ3v) is 3.33. The lowest BCUT2D eigenvalue weighted by Crippen LogP contribution is -2.31. The highest BCUT2D eigenvalue weighted by Gasteiger charge is 2.12. The molecule has 2 aromatic rings. The third kappa shape index (κ3) is 5.95. The largest absolute Gasteiger partial charge is 0.494 e. The number of alkyl halides is 2. The van der Waals surface area contributed by atoms with Crippen molar-refractivity contribution in [2.24, 2.45) is 0 Å². The third-order valence-electron chi connectivity index (χ3n) is 3.33. The average molecular weight is 350 g/mol. The predicted octanol–water partition coefficient (Wildman–Crippen LogP) is 4.57. The molecule has 0 fully saturated rings. The van der Waals surface area contributed by atoms with Crippen LogP contribution in [0.3, 0.4) is 0 Å². The number of rotatable bonds is 7. The first kappa shape index (κ1) is 18.5. The summed E-state index contributed by atoms with van der Waals surface area (Å²) >= 11 is 0. The van der Waals surface area contributed by atoms with E-state index in [1.165, 1.54) is 12.1 Å². The zero-order valence-corrected chi connectivity index (χ0v) is 14.0. The molecular formula is C18H20F2N2O3. The first-order valence-electron chi connectivity index (χ1n) is 7.83. The van der Waals surface area contributed by atoms with E-state index in [4.69, 9.17) is 4.74 Å². The maximum Gasteiger partial charge on any atom is 0.387 e. The van der Waals surface area contributed by atoms with Crippen LogP contribution in [0.2, 0.25) is 0 Å². The van der Waals surface area contributed by atoms with Crippen molar-refractivity contribution in [1.29, 1.82) is 0 Å². The Morgan fingerprint density at radius 3 is 2.56 bits per heavy atom. The number of anilines is 1. The molecule has 2 amide bonds. The van der Waals surface area contributed by atoms with Crippen LogP contribution in [0.25, 0.3) is 0 Å². The summed E-state index contributed by atoms with van der Waals surface area (Å²) < 4.78 is 34.3. The van der Waals surface area contributed by atoms with Crippen molar-refractivity contribution in [2.75, 3.05) is 11.9 Å². The SMILES string of the molecule is CCOc1cccc(NC(=O)NC(C)c2cccc(OC(F)F)c2)c1. The topological polar surface area (TPSA) is 59.6 Å². The molecule has 134 valence electrons. The van der Waals surface area contributed by atoms with Crippen molar-refractivity contribution >= 4 is 11.7 Å². The molecule has 1 unspecified atom stereocenters. The van der Waals surface area contributed by atoms with E-state index in [0.717, 1.165) is 0 Å². The first-order chi connectivity index (χ1) is 12.0. The average Bonchev–Trinajstić information content (AvgIpc) is 2.55. The molecule has 0 aliphatic carbocycles. The van der Waals surface area contributed by atoms with Crippen molar-refractivity contribution in [3.05, 3.63) is 54.1 Å². The lowest BCUT2D eigenvalue weighted by Gasteiger charge is -2.16. The molecule has 25 heavy (non-hydrogen) atoms. The number of carbonyl (C=O) groups excluding carboxylic acids is 1. The van der Waals surface area contributed by atoms with Crippen LogP contribution in [0.4, 0.5) is 19.3 Å². The fourth-order valence-electron chi connectivity index (χ4n) is 2.24. The van der Waals surface area contributed by atoms with Crippen LogP contribution >= 0.6 is 0 Å². The maximum absolute atomic E-state index is 12.3. The van der Waals surface area contributed by atoms with Crippen molar-refractivity contribution in [3.8, 4) is 11.5 Å². The van der Waals surface area contributed by atoms with Crippen LogP contribution < -0.4 is 20.1 Å². The number of nitrogens with one attached hydrogen (secondary N) is 2. The van der Waals surface area contributed by atoms with Gasteiger partial charge in [0.25, 0.3) is 0 Å². The van der Waals surface area contributed by atoms with Crippen LogP contribution in [0.15, 0.2) is 48.5 Å². The number of hydrogen-bond donors (Lipinski definition) is 2. The molecule has 0 aromatic heterocycles. The monoisotopic (exact) mass is 350 g/mol. The highest BCUT2D eigenvalue weighted by molar-refractivity contribution is 5.89. The number of amides is 2. The molecule has 0 heterocycles. The molecule has 0 spiro atoms. The minimum Gasteiger partial charge on any atom is -0.494 e. The van der Waals surface area contributed by atoms with E-state index in [-0.39, 0.29) is 5.75 Å². The van der Waals surface area contributed by atoms with Gasteiger partial charge in [-0.15, -0.1) is 0 Å². The molecule has 5 nitrogen and oxygen atoms in total. The molecule has 0 aliphatic rings. The Labute approximate surface area is 144 Å². The maximum atomic E-state index is 12.3. The minimum absolute atomic E-state index is 0.0472. The minimum atomic E-state index is -2.89. The van der Waals surface area contributed by atoms with Gasteiger partial charge in [-0.2, -0.15) is 8.78 Å². The van der Waals surface area contributed by atoms with Gasteiger partial charge in [0, 0.05) is 11.8 Å². The van der Waals surface area contributed by atoms with Gasteiger partial charge in [-0.05, 0) is 43.7 Å². The number of benzene rings is 2. The molecule has 2 rings (SSSR count). The summed E-state index contributed by atoms with van der Waals surface area (Å²) in [6, 6.07) is 12.4. The van der Waals surface area contributed by atoms with Gasteiger partial charge in [0.05, 0.1) is 12.6 Å². The number of urea groups is 1. The molecule has 0 saturated heterocycles. The summed E-state index contributed by atoms with van der Waals surface area (Å²) in [7, 11) is 0. The van der Waals surface area contributed by atoms with Crippen LogP contribution in [-0.4, -0.2) is 19.2 Å². The van der Waals surface area contributed by atoms with Crippen LogP contribution in [0.1, 0.15) is 25.5 Å². The van der Waals surface area contributed by atoms with E-state index in [1.54, 1.807) is 43.3 Å². The Hall–Kier alpha value is -2.83. The van der Waals surface area contributed by atoms with E-state index in [0.29, 0.717) is 23.6 Å². The normalized spacial score (nSPS) is 11.7. The quantitative estimate of drug-likeness (QED) is 0.769. The fourth-order valence-corrected chi connectivity index (χ4v) is 2.24. The van der Waals surface area contributed by atoms with Gasteiger partial charge in [-0.3, -0.25) is 0 Å². The lowest BCUT2D eigenvalue weighted by molar-refractivity contribution is -0.0499. The lowest BCUT2D eigenvalue weighted by atomic mass is 10.1. The standard InChI is InChI=1S/C18H20F2N2O3/c1-3-24-15-8-5-7-14(11-15)22-18(23)21-12(2)13-6-4-9-16(10-13)25-17(19)20/h4-12,17H,3H2,1-2H3,(H2,21,22,23). The van der Waals surface area contributed by atoms with Crippen LogP contribution in [0.5, 0.6) is 11.5 Å². The van der Waals surface area contributed by atoms with Crippen LogP contribution in [-0.2, 0) is 0 Å². The van der Waals surface area contributed by atoms with E-state index in [2.05, 4.69) is 15.4 Å². The molecule has 2 aromatic carbocycles. The Morgan fingerprint density at radius 2 is 1.84 bits per heavy atom. The van der Waals surface area contributed by atoms with Gasteiger partial charge >= 0.3 is 12.6 Å². The molecule has 0 bridgehead atoms. The van der Waals surface area contributed by atoms with Crippen molar-refractivity contribution < 1.29 is 23.0 Å². The zero-order valence-electron chi connectivity index (χ0n) is 14.0. The number of hydrogen-bond acceptors (Lipinski definition) is 3. The number of ether oxygens (including phenoxy) is 2. The van der Waals surface area contributed by atoms with Gasteiger partial charge in [-0.25, -0.2) is 4.79 Å². The summed E-state index contributed by atoms with van der Waals surface area (Å²) in [5, 5.41) is 5.45. The van der Waals surface area contributed by atoms with E-state index < -0.39 is 18.7 Å². The van der Waals surface area contributed by atoms with Crippen molar-refractivity contribution in [1.82, 2.24) is 5.32 Å². The van der Waals surface area contributed by atoms with E-state index in [1.807, 2.05) is 6.92 Å². The Kier molecular flexibility index (Phi) is 6.56. The second-order valence-corrected chi connectivity index (χ2v) is 5.23. The summed E-state index contributed by atoms with van der Waals surface area (Å²) in [5.74, 6) is 0.705. The van der Waals surface area contributed by atoms with E-state index >= 15 is 0 Å². The number of halogens is 2. The summed E-state index contributed by atoms with van der Waals surface area (Å²) in [5.41, 5.74) is 1.24. The van der Waals surface area contributed by atoms with Crippen LogP contribution in [0, 0.1) is 0 Å². The second kappa shape index (κ2) is 8.86. The van der Waals surface area contributed by atoms with Crippen molar-refractivity contribution in [2.45, 2.75) is 26.5 Å². The Bertz CT molecular complexity index is 710. The van der Waals surface area contributed by atoms with Gasteiger partial charge in [0.1, 0.15) is 11.5 Å². The summed E-state index contributed by atoms with van der Waals surface area (Å²) in [6.45, 7) is 1.27.